The molecule has 0 spiro atoms. The lowest BCUT2D eigenvalue weighted by Gasteiger charge is -2.40. The van der Waals surface area contributed by atoms with Gasteiger partial charge in [-0.15, -0.1) is 5.10 Å². The van der Waals surface area contributed by atoms with Crippen molar-refractivity contribution in [2.45, 2.75) is 26.4 Å². The minimum atomic E-state index is -0.486. The maximum Gasteiger partial charge on any atom is 0.169 e. The van der Waals surface area contributed by atoms with Crippen molar-refractivity contribution in [2.24, 2.45) is 7.05 Å². The van der Waals surface area contributed by atoms with Crippen molar-refractivity contribution in [3.05, 3.63) is 34.8 Å². The van der Waals surface area contributed by atoms with Gasteiger partial charge in [0.1, 0.15) is 17.2 Å². The molecule has 0 radical (unpaired) electrons. The highest BCUT2D eigenvalue weighted by atomic mass is 16.5. The number of hydrogen-bond acceptors (Lipinski definition) is 6. The molecule has 120 valence electrons. The average molecular weight is 312 g/mol. The van der Waals surface area contributed by atoms with Gasteiger partial charge >= 0.3 is 0 Å². The molecule has 3 heterocycles. The third kappa shape index (κ3) is 2.66. The Morgan fingerprint density at radius 3 is 2.78 bits per heavy atom. The second kappa shape index (κ2) is 5.63. The normalized spacial score (nSPS) is 21.3. The first kappa shape index (κ1) is 15.4. The van der Waals surface area contributed by atoms with E-state index in [1.807, 2.05) is 40.2 Å². The van der Waals surface area contributed by atoms with Gasteiger partial charge in [-0.05, 0) is 26.3 Å². The van der Waals surface area contributed by atoms with Gasteiger partial charge < -0.3 is 9.64 Å². The topological polar surface area (TPSA) is 79.9 Å². The van der Waals surface area contributed by atoms with Crippen molar-refractivity contribution in [1.82, 2.24) is 20.0 Å². The van der Waals surface area contributed by atoms with E-state index in [1.165, 1.54) is 0 Å². The van der Waals surface area contributed by atoms with Crippen LogP contribution in [0, 0.1) is 25.2 Å². The van der Waals surface area contributed by atoms with Gasteiger partial charge in [-0.1, -0.05) is 0 Å². The number of ether oxygens (including phenoxy) is 1. The van der Waals surface area contributed by atoms with Gasteiger partial charge in [-0.3, -0.25) is 4.68 Å². The second-order valence-electron chi connectivity index (χ2n) is 6.12. The predicted molar refractivity (Wildman–Crippen MR) is 84.9 cm³/mol. The zero-order chi connectivity index (χ0) is 16.6. The number of anilines is 1. The Kier molecular flexibility index (Phi) is 3.78. The van der Waals surface area contributed by atoms with Gasteiger partial charge in [0, 0.05) is 25.4 Å². The van der Waals surface area contributed by atoms with Crippen LogP contribution in [-0.2, 0) is 17.4 Å². The number of rotatable bonds is 2. The molecule has 0 aliphatic carbocycles. The molecule has 0 aromatic carbocycles. The fourth-order valence-corrected chi connectivity index (χ4v) is 2.87. The average Bonchev–Trinajstić information content (AvgIpc) is 2.97. The molecule has 7 nitrogen and oxygen atoms in total. The Hall–Kier alpha value is -2.46. The maximum atomic E-state index is 9.52. The molecular weight excluding hydrogens is 292 g/mol. The van der Waals surface area contributed by atoms with Crippen LogP contribution in [0.25, 0.3) is 0 Å². The van der Waals surface area contributed by atoms with Crippen LogP contribution in [0.4, 0.5) is 5.82 Å². The van der Waals surface area contributed by atoms with Gasteiger partial charge in [0.15, 0.2) is 5.82 Å². The molecule has 0 amide bonds. The molecule has 2 aromatic heterocycles. The lowest BCUT2D eigenvalue weighted by Crippen LogP contribution is -2.49. The molecule has 1 aliphatic rings. The highest BCUT2D eigenvalue weighted by molar-refractivity contribution is 5.58. The molecule has 1 unspecified atom stereocenters. The zero-order valence-corrected chi connectivity index (χ0v) is 13.9. The van der Waals surface area contributed by atoms with Gasteiger partial charge in [-0.2, -0.15) is 15.5 Å². The molecule has 1 fully saturated rings. The molecule has 7 heteroatoms. The van der Waals surface area contributed by atoms with Crippen LogP contribution in [-0.4, -0.2) is 39.7 Å². The first-order valence-corrected chi connectivity index (χ1v) is 7.56. The Balaban J connectivity index is 1.96. The summed E-state index contributed by atoms with van der Waals surface area (Å²) >= 11 is 0. The van der Waals surface area contributed by atoms with E-state index in [2.05, 4.69) is 26.3 Å². The summed E-state index contributed by atoms with van der Waals surface area (Å²) in [5.74, 6) is 0.633. The fraction of sp³-hybridized carbons (Fsp3) is 0.500. The number of aromatic nitrogens is 4. The number of nitrogens with zero attached hydrogens (tertiary/aromatic N) is 6. The van der Waals surface area contributed by atoms with E-state index < -0.39 is 5.60 Å². The van der Waals surface area contributed by atoms with E-state index in [4.69, 9.17) is 4.74 Å². The number of morpholine rings is 1. The van der Waals surface area contributed by atoms with Crippen LogP contribution < -0.4 is 4.90 Å². The van der Waals surface area contributed by atoms with Gasteiger partial charge in [0.25, 0.3) is 0 Å². The smallest absolute Gasteiger partial charge is 0.169 e. The largest absolute Gasteiger partial charge is 0.367 e. The minimum Gasteiger partial charge on any atom is -0.367 e. The maximum absolute atomic E-state index is 9.52. The third-order valence-electron chi connectivity index (χ3n) is 4.44. The monoisotopic (exact) mass is 312 g/mol. The van der Waals surface area contributed by atoms with Crippen molar-refractivity contribution in [3.8, 4) is 6.07 Å². The van der Waals surface area contributed by atoms with Crippen LogP contribution in [0.1, 0.15) is 29.3 Å². The summed E-state index contributed by atoms with van der Waals surface area (Å²) in [4.78, 5) is 2.08. The Bertz CT molecular complexity index is 777. The minimum absolute atomic E-state index is 0.486. The molecular formula is C16H20N6O. The van der Waals surface area contributed by atoms with Gasteiger partial charge in [0.2, 0.25) is 0 Å². The molecule has 1 atom stereocenters. The number of aryl methyl sites for hydroxylation is 2. The van der Waals surface area contributed by atoms with Crippen LogP contribution >= 0.6 is 0 Å². The van der Waals surface area contributed by atoms with E-state index in [0.717, 1.165) is 16.8 Å². The van der Waals surface area contributed by atoms with Crippen LogP contribution in [0.15, 0.2) is 12.4 Å². The molecule has 23 heavy (non-hydrogen) atoms. The molecule has 0 bridgehead atoms. The summed E-state index contributed by atoms with van der Waals surface area (Å²) < 4.78 is 7.78. The van der Waals surface area contributed by atoms with Gasteiger partial charge in [0.05, 0.1) is 25.0 Å². The Morgan fingerprint density at radius 2 is 2.13 bits per heavy atom. The van der Waals surface area contributed by atoms with Crippen LogP contribution in [0.5, 0.6) is 0 Å². The zero-order valence-electron chi connectivity index (χ0n) is 13.9. The Morgan fingerprint density at radius 1 is 1.35 bits per heavy atom. The lowest BCUT2D eigenvalue weighted by molar-refractivity contribution is -0.0469. The molecule has 3 rings (SSSR count). The Labute approximate surface area is 135 Å². The van der Waals surface area contributed by atoms with E-state index in [1.54, 1.807) is 4.68 Å². The number of hydrogen-bond donors (Lipinski definition) is 0. The number of nitriles is 1. The van der Waals surface area contributed by atoms with Crippen molar-refractivity contribution in [2.75, 3.05) is 24.6 Å². The second-order valence-corrected chi connectivity index (χ2v) is 6.12. The molecule has 1 saturated heterocycles. The summed E-state index contributed by atoms with van der Waals surface area (Å²) in [6.45, 7) is 7.66. The summed E-state index contributed by atoms with van der Waals surface area (Å²) in [6, 6.07) is 2.27. The summed E-state index contributed by atoms with van der Waals surface area (Å²) in [7, 11) is 1.88. The summed E-state index contributed by atoms with van der Waals surface area (Å²) in [5, 5.41) is 22.2. The SMILES string of the molecule is Cc1nnc(N2CCOC(C)(c3cnn(C)c3)C2)c(C#N)c1C. The molecule has 2 aromatic rings. The highest BCUT2D eigenvalue weighted by Crippen LogP contribution is 2.32. The molecule has 0 N–H and O–H groups in total. The fourth-order valence-electron chi connectivity index (χ4n) is 2.87. The van der Waals surface area contributed by atoms with E-state index >= 15 is 0 Å². The van der Waals surface area contributed by atoms with Crippen LogP contribution in [0.3, 0.4) is 0 Å². The quantitative estimate of drug-likeness (QED) is 0.835. The predicted octanol–water partition coefficient (Wildman–Crippen LogP) is 1.45. The standard InChI is InChI=1S/C16H20N6O/c1-11-12(2)19-20-15(14(11)7-17)22-5-6-23-16(3,10-22)13-8-18-21(4)9-13/h8-9H,5-6,10H2,1-4H3. The molecule has 0 saturated carbocycles. The van der Waals surface area contributed by atoms with E-state index in [9.17, 15) is 5.26 Å². The van der Waals surface area contributed by atoms with Crippen molar-refractivity contribution in [3.63, 3.8) is 0 Å². The van der Waals surface area contributed by atoms with Gasteiger partial charge in [-0.25, -0.2) is 0 Å². The van der Waals surface area contributed by atoms with Crippen LogP contribution in [0.2, 0.25) is 0 Å². The highest BCUT2D eigenvalue weighted by Gasteiger charge is 2.36. The third-order valence-corrected chi connectivity index (χ3v) is 4.44. The van der Waals surface area contributed by atoms with Crippen molar-refractivity contribution >= 4 is 5.82 Å². The first-order valence-electron chi connectivity index (χ1n) is 7.56. The van der Waals surface area contributed by atoms with Crippen molar-refractivity contribution in [1.29, 1.82) is 5.26 Å². The van der Waals surface area contributed by atoms with Crippen molar-refractivity contribution < 1.29 is 4.74 Å². The molecule has 1 aliphatic heterocycles. The van der Waals surface area contributed by atoms with E-state index in [0.29, 0.717) is 31.1 Å². The summed E-state index contributed by atoms with van der Waals surface area (Å²) in [5.41, 5.74) is 2.79. The first-order chi connectivity index (χ1) is 10.9. The van der Waals surface area contributed by atoms with E-state index in [-0.39, 0.29) is 0 Å². The lowest BCUT2D eigenvalue weighted by atomic mass is 9.96. The summed E-state index contributed by atoms with van der Waals surface area (Å²) in [6.07, 6.45) is 3.78.